The van der Waals surface area contributed by atoms with Crippen LogP contribution in [-0.4, -0.2) is 25.1 Å². The molecule has 0 unspecified atom stereocenters. The molecule has 25 heavy (non-hydrogen) atoms. The van der Waals surface area contributed by atoms with Crippen LogP contribution in [0.5, 0.6) is 11.5 Å². The fourth-order valence-corrected chi connectivity index (χ4v) is 2.41. The van der Waals surface area contributed by atoms with Crippen LogP contribution in [0.15, 0.2) is 59.3 Å². The summed E-state index contributed by atoms with van der Waals surface area (Å²) in [6.07, 6.45) is 3.29. The van der Waals surface area contributed by atoms with Crippen LogP contribution in [0.4, 0.5) is 0 Å². The minimum absolute atomic E-state index is 0.226. The molecule has 2 heterocycles. The Labute approximate surface area is 145 Å². The number of carbonyl (C=O) groups is 1. The molecule has 3 aromatic rings. The van der Waals surface area contributed by atoms with Gasteiger partial charge in [0.05, 0.1) is 26.0 Å². The Kier molecular flexibility index (Phi) is 4.99. The summed E-state index contributed by atoms with van der Waals surface area (Å²) in [6.45, 7) is 0.365. The van der Waals surface area contributed by atoms with Gasteiger partial charge in [0.2, 0.25) is 0 Å². The van der Waals surface area contributed by atoms with E-state index >= 15 is 0 Å². The van der Waals surface area contributed by atoms with E-state index in [0.29, 0.717) is 29.4 Å². The average Bonchev–Trinajstić information content (AvgIpc) is 3.20. The first-order valence-corrected chi connectivity index (χ1v) is 7.70. The molecule has 6 nitrogen and oxygen atoms in total. The summed E-state index contributed by atoms with van der Waals surface area (Å²) in [5, 5.41) is 2.88. The van der Waals surface area contributed by atoms with Crippen LogP contribution in [0.3, 0.4) is 0 Å². The smallest absolute Gasteiger partial charge is 0.255 e. The van der Waals surface area contributed by atoms with Crippen molar-refractivity contribution in [2.45, 2.75) is 6.54 Å². The molecule has 128 valence electrons. The zero-order valence-electron chi connectivity index (χ0n) is 14.0. The van der Waals surface area contributed by atoms with E-state index in [-0.39, 0.29) is 5.91 Å². The van der Waals surface area contributed by atoms with Gasteiger partial charge in [-0.2, -0.15) is 0 Å². The number of amides is 1. The van der Waals surface area contributed by atoms with Crippen molar-refractivity contribution < 1.29 is 18.7 Å². The minimum Gasteiger partial charge on any atom is -0.497 e. The van der Waals surface area contributed by atoms with E-state index in [1.54, 1.807) is 43.8 Å². The zero-order chi connectivity index (χ0) is 17.6. The van der Waals surface area contributed by atoms with E-state index < -0.39 is 0 Å². The lowest BCUT2D eigenvalue weighted by Crippen LogP contribution is -2.23. The molecular formula is C19H18N2O4. The van der Waals surface area contributed by atoms with E-state index in [4.69, 9.17) is 13.9 Å². The average molecular weight is 338 g/mol. The van der Waals surface area contributed by atoms with Gasteiger partial charge in [-0.05, 0) is 42.0 Å². The fraction of sp³-hybridized carbons (Fsp3) is 0.158. The molecule has 1 amide bonds. The predicted molar refractivity (Wildman–Crippen MR) is 92.7 cm³/mol. The molecule has 0 aliphatic heterocycles. The van der Waals surface area contributed by atoms with Crippen molar-refractivity contribution in [2.75, 3.05) is 14.2 Å². The van der Waals surface area contributed by atoms with Gasteiger partial charge in [0.25, 0.3) is 5.91 Å². The molecule has 0 spiro atoms. The van der Waals surface area contributed by atoms with Crippen LogP contribution < -0.4 is 14.8 Å². The van der Waals surface area contributed by atoms with Gasteiger partial charge >= 0.3 is 0 Å². The van der Waals surface area contributed by atoms with Crippen molar-refractivity contribution in [1.29, 1.82) is 0 Å². The van der Waals surface area contributed by atoms with Crippen LogP contribution in [-0.2, 0) is 6.54 Å². The Morgan fingerprint density at radius 1 is 1.16 bits per heavy atom. The van der Waals surface area contributed by atoms with E-state index in [1.807, 2.05) is 18.2 Å². The number of pyridine rings is 1. The summed E-state index contributed by atoms with van der Waals surface area (Å²) in [6, 6.07) is 12.4. The molecule has 0 fully saturated rings. The van der Waals surface area contributed by atoms with Crippen molar-refractivity contribution in [3.05, 3.63) is 66.1 Å². The van der Waals surface area contributed by atoms with E-state index in [9.17, 15) is 4.79 Å². The number of benzene rings is 1. The lowest BCUT2D eigenvalue weighted by molar-refractivity contribution is 0.0948. The second kappa shape index (κ2) is 7.53. The Hall–Kier alpha value is -3.28. The van der Waals surface area contributed by atoms with Gasteiger partial charge in [0.15, 0.2) is 5.76 Å². The van der Waals surface area contributed by atoms with Gasteiger partial charge in [0, 0.05) is 18.8 Å². The second-order valence-electron chi connectivity index (χ2n) is 5.28. The summed E-state index contributed by atoms with van der Waals surface area (Å²) < 4.78 is 15.8. The lowest BCUT2D eigenvalue weighted by Gasteiger charge is -2.11. The van der Waals surface area contributed by atoms with Gasteiger partial charge < -0.3 is 19.2 Å². The van der Waals surface area contributed by atoms with Crippen LogP contribution in [0, 0.1) is 0 Å². The van der Waals surface area contributed by atoms with Gasteiger partial charge in [-0.3, -0.25) is 9.78 Å². The number of carbonyl (C=O) groups excluding carboxylic acids is 1. The highest BCUT2D eigenvalue weighted by molar-refractivity contribution is 5.97. The maximum Gasteiger partial charge on any atom is 0.255 e. The quantitative estimate of drug-likeness (QED) is 0.746. The topological polar surface area (TPSA) is 73.6 Å². The summed E-state index contributed by atoms with van der Waals surface area (Å²) in [4.78, 5) is 16.7. The number of ether oxygens (including phenoxy) is 2. The van der Waals surface area contributed by atoms with Crippen LogP contribution in [0.25, 0.3) is 11.5 Å². The molecule has 0 aliphatic rings. The van der Waals surface area contributed by atoms with Crippen LogP contribution >= 0.6 is 0 Å². The molecule has 0 atom stereocenters. The Balaban J connectivity index is 1.72. The normalized spacial score (nSPS) is 10.3. The van der Waals surface area contributed by atoms with Crippen molar-refractivity contribution in [3.63, 3.8) is 0 Å². The number of nitrogens with zero attached hydrogens (tertiary/aromatic N) is 1. The third-order valence-electron chi connectivity index (χ3n) is 3.70. The first-order valence-electron chi connectivity index (χ1n) is 7.70. The SMILES string of the molecule is COc1ccc(C(=O)NCc2ccnc(-c3ccco3)c2)c(OC)c1. The fourth-order valence-electron chi connectivity index (χ4n) is 2.41. The Morgan fingerprint density at radius 3 is 2.76 bits per heavy atom. The first kappa shape index (κ1) is 16.6. The van der Waals surface area contributed by atoms with Crippen LogP contribution in [0.2, 0.25) is 0 Å². The monoisotopic (exact) mass is 338 g/mol. The molecule has 0 saturated carbocycles. The van der Waals surface area contributed by atoms with E-state index in [2.05, 4.69) is 10.3 Å². The number of methoxy groups -OCH3 is 2. The number of furan rings is 1. The van der Waals surface area contributed by atoms with Crippen molar-refractivity contribution in [2.24, 2.45) is 0 Å². The molecule has 0 saturated heterocycles. The molecule has 3 rings (SSSR count). The highest BCUT2D eigenvalue weighted by atomic mass is 16.5. The number of hydrogen-bond acceptors (Lipinski definition) is 5. The van der Waals surface area contributed by atoms with Crippen molar-refractivity contribution >= 4 is 5.91 Å². The third kappa shape index (κ3) is 3.80. The number of rotatable bonds is 6. The third-order valence-corrected chi connectivity index (χ3v) is 3.70. The van der Waals surface area contributed by atoms with Gasteiger partial charge in [0.1, 0.15) is 17.2 Å². The lowest BCUT2D eigenvalue weighted by atomic mass is 10.1. The van der Waals surface area contributed by atoms with Crippen molar-refractivity contribution in [1.82, 2.24) is 10.3 Å². The summed E-state index contributed by atoms with van der Waals surface area (Å²) in [5.41, 5.74) is 2.09. The largest absolute Gasteiger partial charge is 0.497 e. The molecule has 0 radical (unpaired) electrons. The Bertz CT molecular complexity index is 860. The van der Waals surface area contributed by atoms with E-state index in [1.165, 1.54) is 7.11 Å². The highest BCUT2D eigenvalue weighted by Gasteiger charge is 2.13. The Morgan fingerprint density at radius 2 is 2.04 bits per heavy atom. The number of aromatic nitrogens is 1. The maximum absolute atomic E-state index is 12.4. The van der Waals surface area contributed by atoms with Gasteiger partial charge in [-0.15, -0.1) is 0 Å². The molecule has 6 heteroatoms. The summed E-state index contributed by atoms with van der Waals surface area (Å²) in [7, 11) is 3.08. The molecule has 1 N–H and O–H groups in total. The number of nitrogens with one attached hydrogen (secondary N) is 1. The first-order chi connectivity index (χ1) is 12.2. The predicted octanol–water partition coefficient (Wildman–Crippen LogP) is 3.29. The molecule has 0 aliphatic carbocycles. The van der Waals surface area contributed by atoms with Crippen molar-refractivity contribution in [3.8, 4) is 23.0 Å². The molecular weight excluding hydrogens is 320 g/mol. The number of hydrogen-bond donors (Lipinski definition) is 1. The summed E-state index contributed by atoms with van der Waals surface area (Å²) in [5.74, 6) is 1.55. The zero-order valence-corrected chi connectivity index (χ0v) is 14.0. The van der Waals surface area contributed by atoms with E-state index in [0.717, 1.165) is 11.3 Å². The van der Waals surface area contributed by atoms with Gasteiger partial charge in [-0.25, -0.2) is 0 Å². The molecule has 1 aromatic carbocycles. The molecule has 2 aromatic heterocycles. The minimum atomic E-state index is -0.226. The second-order valence-corrected chi connectivity index (χ2v) is 5.28. The standard InChI is InChI=1S/C19H18N2O4/c1-23-14-5-6-15(18(11-14)24-2)19(22)21-12-13-7-8-20-16(10-13)17-4-3-9-25-17/h3-11H,12H2,1-2H3,(H,21,22). The summed E-state index contributed by atoms with van der Waals surface area (Å²) >= 11 is 0. The molecule has 0 bridgehead atoms. The highest BCUT2D eigenvalue weighted by Crippen LogP contribution is 2.24. The van der Waals surface area contributed by atoms with Crippen LogP contribution in [0.1, 0.15) is 15.9 Å². The maximum atomic E-state index is 12.4. The van der Waals surface area contributed by atoms with Gasteiger partial charge in [-0.1, -0.05) is 0 Å².